The second kappa shape index (κ2) is 3.74. The number of carbonyl (C=O) groups excluding carboxylic acids is 1. The highest BCUT2D eigenvalue weighted by Gasteiger charge is 2.19. The molecular weight excluding hydrogens is 140 g/mol. The fourth-order valence-corrected chi connectivity index (χ4v) is 0.552. The van der Waals surface area contributed by atoms with Crippen molar-refractivity contribution in [3.8, 4) is 0 Å². The van der Waals surface area contributed by atoms with Crippen molar-refractivity contribution in [1.82, 2.24) is 0 Å². The van der Waals surface area contributed by atoms with E-state index in [0.717, 1.165) is 6.42 Å². The Bertz CT molecular complexity index is 133. The van der Waals surface area contributed by atoms with E-state index in [-0.39, 0.29) is 17.5 Å². The zero-order valence-electron chi connectivity index (χ0n) is 7.81. The Kier molecular flexibility index (Phi) is 3.56. The Morgan fingerprint density at radius 2 is 2.00 bits per heavy atom. The monoisotopic (exact) mass is 157 g/mol. The van der Waals surface area contributed by atoms with Crippen molar-refractivity contribution < 1.29 is 9.53 Å². The summed E-state index contributed by atoms with van der Waals surface area (Å²) in [5, 5.41) is 0. The van der Waals surface area contributed by atoms with Crippen molar-refractivity contribution in [2.24, 2.45) is 5.92 Å². The van der Waals surface area contributed by atoms with E-state index in [1.54, 1.807) is 0 Å². The van der Waals surface area contributed by atoms with Crippen molar-refractivity contribution in [2.75, 3.05) is 0 Å². The fourth-order valence-electron chi connectivity index (χ4n) is 0.552. The molecule has 2 nitrogen and oxygen atoms in total. The van der Waals surface area contributed by atoms with Gasteiger partial charge >= 0.3 is 5.97 Å². The summed E-state index contributed by atoms with van der Waals surface area (Å²) < 4.78 is 5.09. The van der Waals surface area contributed by atoms with Crippen LogP contribution in [0.5, 0.6) is 0 Å². The molecule has 0 aliphatic heterocycles. The molecular formula is C9H17O2. The molecule has 0 aliphatic rings. The van der Waals surface area contributed by atoms with Crippen LogP contribution in [0.15, 0.2) is 0 Å². The number of esters is 1. The lowest BCUT2D eigenvalue weighted by Crippen LogP contribution is -2.27. The quantitative estimate of drug-likeness (QED) is 0.574. The molecule has 0 aromatic heterocycles. The van der Waals surface area contributed by atoms with Gasteiger partial charge in [-0.2, -0.15) is 0 Å². The van der Waals surface area contributed by atoms with Crippen molar-refractivity contribution in [3.05, 3.63) is 6.92 Å². The third kappa shape index (κ3) is 4.82. The van der Waals surface area contributed by atoms with Crippen molar-refractivity contribution >= 4 is 5.97 Å². The molecule has 2 heteroatoms. The Balaban J connectivity index is 3.88. The molecule has 0 aromatic carbocycles. The normalized spacial score (nSPS) is 14.3. The van der Waals surface area contributed by atoms with Gasteiger partial charge in [-0.1, -0.05) is 6.92 Å². The molecule has 0 heterocycles. The molecule has 1 atom stereocenters. The maximum absolute atomic E-state index is 11.1. The van der Waals surface area contributed by atoms with E-state index in [1.807, 2.05) is 27.7 Å². The summed E-state index contributed by atoms with van der Waals surface area (Å²) in [6, 6.07) is 0. The Morgan fingerprint density at radius 1 is 1.55 bits per heavy atom. The van der Waals surface area contributed by atoms with Crippen molar-refractivity contribution in [1.29, 1.82) is 0 Å². The van der Waals surface area contributed by atoms with Crippen LogP contribution in [0.3, 0.4) is 0 Å². The second-order valence-corrected chi connectivity index (χ2v) is 3.64. The van der Waals surface area contributed by atoms with Gasteiger partial charge < -0.3 is 4.74 Å². The van der Waals surface area contributed by atoms with Gasteiger partial charge in [0, 0.05) is 0 Å². The van der Waals surface area contributed by atoms with E-state index in [2.05, 4.69) is 6.92 Å². The van der Waals surface area contributed by atoms with Crippen molar-refractivity contribution in [3.63, 3.8) is 0 Å². The van der Waals surface area contributed by atoms with Gasteiger partial charge in [-0.3, -0.25) is 4.79 Å². The average molecular weight is 157 g/mol. The third-order valence-corrected chi connectivity index (χ3v) is 1.23. The summed E-state index contributed by atoms with van der Waals surface area (Å²) in [7, 11) is 0. The van der Waals surface area contributed by atoms with E-state index < -0.39 is 0 Å². The van der Waals surface area contributed by atoms with Crippen LogP contribution in [-0.4, -0.2) is 11.6 Å². The van der Waals surface area contributed by atoms with E-state index in [1.165, 1.54) is 0 Å². The van der Waals surface area contributed by atoms with E-state index in [9.17, 15) is 4.79 Å². The summed E-state index contributed by atoms with van der Waals surface area (Å²) in [5.41, 5.74) is -0.387. The molecule has 0 aromatic rings. The second-order valence-electron chi connectivity index (χ2n) is 3.64. The molecule has 1 unspecified atom stereocenters. The molecule has 11 heavy (non-hydrogen) atoms. The van der Waals surface area contributed by atoms with Gasteiger partial charge in [-0.25, -0.2) is 0 Å². The maximum atomic E-state index is 11.1. The van der Waals surface area contributed by atoms with Gasteiger partial charge in [0.1, 0.15) is 5.60 Å². The minimum atomic E-state index is -0.387. The molecule has 0 rings (SSSR count). The van der Waals surface area contributed by atoms with Crippen molar-refractivity contribution in [2.45, 2.75) is 39.7 Å². The molecule has 0 fully saturated rings. The Morgan fingerprint density at radius 3 is 2.27 bits per heavy atom. The summed E-state index contributed by atoms with van der Waals surface area (Å²) in [5.74, 6) is -0.436. The topological polar surface area (TPSA) is 26.3 Å². The lowest BCUT2D eigenvalue weighted by Gasteiger charge is -2.21. The molecule has 0 saturated carbocycles. The van der Waals surface area contributed by atoms with Gasteiger partial charge in [0.05, 0.1) is 5.92 Å². The largest absolute Gasteiger partial charge is 0.460 e. The molecule has 1 radical (unpaired) electrons. The first-order chi connectivity index (χ1) is 4.87. The van der Waals surface area contributed by atoms with E-state index in [4.69, 9.17) is 4.74 Å². The summed E-state index contributed by atoms with van der Waals surface area (Å²) in [6.07, 6.45) is 0.731. The van der Waals surface area contributed by atoms with Crippen LogP contribution in [0.25, 0.3) is 0 Å². The first-order valence-corrected chi connectivity index (χ1v) is 3.92. The van der Waals surface area contributed by atoms with Gasteiger partial charge in [-0.15, -0.1) is 0 Å². The predicted molar refractivity (Wildman–Crippen MR) is 45.0 cm³/mol. The summed E-state index contributed by atoms with van der Waals surface area (Å²) in [6.45, 7) is 11.1. The van der Waals surface area contributed by atoms with Gasteiger partial charge in [-0.05, 0) is 34.1 Å². The smallest absolute Gasteiger partial charge is 0.309 e. The highest BCUT2D eigenvalue weighted by Crippen LogP contribution is 2.12. The number of rotatable bonds is 2. The van der Waals surface area contributed by atoms with Crippen LogP contribution in [0.1, 0.15) is 34.1 Å². The Labute approximate surface area is 68.9 Å². The lowest BCUT2D eigenvalue weighted by atomic mass is 10.1. The van der Waals surface area contributed by atoms with Gasteiger partial charge in [0.2, 0.25) is 0 Å². The molecule has 0 saturated heterocycles. The zero-order chi connectivity index (χ0) is 9.07. The molecule has 0 spiro atoms. The molecule has 0 N–H and O–H groups in total. The van der Waals surface area contributed by atoms with Gasteiger partial charge in [0.15, 0.2) is 0 Å². The van der Waals surface area contributed by atoms with Gasteiger partial charge in [0.25, 0.3) is 0 Å². The average Bonchev–Trinajstić information content (AvgIpc) is 1.82. The third-order valence-electron chi connectivity index (χ3n) is 1.23. The minimum Gasteiger partial charge on any atom is -0.460 e. The van der Waals surface area contributed by atoms with E-state index >= 15 is 0 Å². The maximum Gasteiger partial charge on any atom is 0.309 e. The summed E-state index contributed by atoms with van der Waals surface area (Å²) in [4.78, 5) is 11.1. The van der Waals surface area contributed by atoms with E-state index in [0.29, 0.717) is 0 Å². The minimum absolute atomic E-state index is 0.208. The molecule has 0 aliphatic carbocycles. The number of carbonyl (C=O) groups is 1. The van der Waals surface area contributed by atoms with Crippen LogP contribution >= 0.6 is 0 Å². The fraction of sp³-hybridized carbons (Fsp3) is 0.778. The van der Waals surface area contributed by atoms with Crippen LogP contribution in [0.2, 0.25) is 0 Å². The number of hydrogen-bond donors (Lipinski definition) is 0. The highest BCUT2D eigenvalue weighted by molar-refractivity contribution is 5.73. The first kappa shape index (κ1) is 10.5. The van der Waals surface area contributed by atoms with Crippen LogP contribution in [0.4, 0.5) is 0 Å². The molecule has 0 amide bonds. The highest BCUT2D eigenvalue weighted by atomic mass is 16.6. The molecule has 0 bridgehead atoms. The standard InChI is InChI=1S/C9H17O2/c1-6-7(2)8(10)11-9(3,4)5/h7H,2,6H2,1,3-5H3. The molecule has 65 valence electrons. The first-order valence-electron chi connectivity index (χ1n) is 3.92. The number of ether oxygens (including phenoxy) is 1. The zero-order valence-corrected chi connectivity index (χ0v) is 7.81. The van der Waals surface area contributed by atoms with Crippen LogP contribution in [0, 0.1) is 12.8 Å². The summed E-state index contributed by atoms with van der Waals surface area (Å²) >= 11 is 0. The lowest BCUT2D eigenvalue weighted by molar-refractivity contribution is -0.158. The van der Waals surface area contributed by atoms with Crippen LogP contribution < -0.4 is 0 Å². The SMILES string of the molecule is [CH2]C(CC)C(=O)OC(C)(C)C. The predicted octanol–water partition coefficient (Wildman–Crippen LogP) is 2.19. The van der Waals surface area contributed by atoms with Crippen LogP contribution in [-0.2, 0) is 9.53 Å². The Hall–Kier alpha value is -0.530. The number of hydrogen-bond acceptors (Lipinski definition) is 2.